The Hall–Kier alpha value is -0.930. The number of benzene rings is 1. The second-order valence-corrected chi connectivity index (χ2v) is 4.12. The first-order chi connectivity index (χ1) is 7.58. The third-order valence-corrected chi connectivity index (χ3v) is 2.72. The van der Waals surface area contributed by atoms with Gasteiger partial charge in [0.25, 0.3) is 5.91 Å². The molecule has 16 heavy (non-hydrogen) atoms. The molecule has 88 valence electrons. The molecule has 1 amide bonds. The average molecular weight is 262 g/mol. The maximum Gasteiger partial charge on any atom is 0.255 e. The lowest BCUT2D eigenvalue weighted by molar-refractivity contribution is 0.0940. The Bertz CT molecular complexity index is 382. The SMILES string of the molecule is COc1cc(Cl)ccc1C(=O)NC(C)CCl. The van der Waals surface area contributed by atoms with Crippen molar-refractivity contribution >= 4 is 29.1 Å². The van der Waals surface area contributed by atoms with Crippen molar-refractivity contribution in [3.8, 4) is 5.75 Å². The van der Waals surface area contributed by atoms with E-state index in [1.807, 2.05) is 6.92 Å². The highest BCUT2D eigenvalue weighted by Gasteiger charge is 2.14. The third-order valence-electron chi connectivity index (χ3n) is 2.02. The van der Waals surface area contributed by atoms with Gasteiger partial charge in [-0.05, 0) is 25.1 Å². The van der Waals surface area contributed by atoms with Gasteiger partial charge in [0.05, 0.1) is 12.7 Å². The van der Waals surface area contributed by atoms with Crippen LogP contribution in [0, 0.1) is 0 Å². The first-order valence-corrected chi connectivity index (χ1v) is 5.70. The highest BCUT2D eigenvalue weighted by Crippen LogP contribution is 2.23. The number of alkyl halides is 1. The van der Waals surface area contributed by atoms with E-state index in [1.54, 1.807) is 18.2 Å². The molecular weight excluding hydrogens is 249 g/mol. The minimum Gasteiger partial charge on any atom is -0.496 e. The van der Waals surface area contributed by atoms with E-state index in [0.717, 1.165) is 0 Å². The molecule has 0 saturated heterocycles. The Labute approximate surface area is 105 Å². The zero-order chi connectivity index (χ0) is 12.1. The maximum absolute atomic E-state index is 11.8. The van der Waals surface area contributed by atoms with Gasteiger partial charge in [-0.3, -0.25) is 4.79 Å². The zero-order valence-electron chi connectivity index (χ0n) is 9.09. The molecule has 3 nitrogen and oxygen atoms in total. The van der Waals surface area contributed by atoms with Crippen LogP contribution in [-0.2, 0) is 0 Å². The van der Waals surface area contributed by atoms with Crippen molar-refractivity contribution in [3.05, 3.63) is 28.8 Å². The van der Waals surface area contributed by atoms with Crippen molar-refractivity contribution in [1.82, 2.24) is 5.32 Å². The van der Waals surface area contributed by atoms with Gasteiger partial charge in [-0.2, -0.15) is 0 Å². The number of amides is 1. The Kier molecular flexibility index (Phi) is 4.90. The molecule has 0 saturated carbocycles. The number of halogens is 2. The van der Waals surface area contributed by atoms with E-state index in [9.17, 15) is 4.79 Å². The highest BCUT2D eigenvalue weighted by molar-refractivity contribution is 6.30. The summed E-state index contributed by atoms with van der Waals surface area (Å²) in [5.41, 5.74) is 0.448. The number of methoxy groups -OCH3 is 1. The summed E-state index contributed by atoms with van der Waals surface area (Å²) in [5, 5.41) is 3.27. The predicted octanol–water partition coefficient (Wildman–Crippen LogP) is 2.71. The second-order valence-electron chi connectivity index (χ2n) is 3.37. The molecule has 1 aromatic carbocycles. The summed E-state index contributed by atoms with van der Waals surface area (Å²) >= 11 is 11.4. The monoisotopic (exact) mass is 261 g/mol. The second kappa shape index (κ2) is 5.97. The number of hydrogen-bond donors (Lipinski definition) is 1. The van der Waals surface area contributed by atoms with E-state index in [2.05, 4.69) is 5.32 Å². The van der Waals surface area contributed by atoms with Gasteiger partial charge in [0.15, 0.2) is 0 Å². The fourth-order valence-corrected chi connectivity index (χ4v) is 1.43. The van der Waals surface area contributed by atoms with Crippen LogP contribution in [0.1, 0.15) is 17.3 Å². The molecule has 1 rings (SSSR count). The van der Waals surface area contributed by atoms with Crippen LogP contribution < -0.4 is 10.1 Å². The number of nitrogens with one attached hydrogen (secondary N) is 1. The number of rotatable bonds is 4. The number of hydrogen-bond acceptors (Lipinski definition) is 2. The van der Waals surface area contributed by atoms with Gasteiger partial charge in [-0.15, -0.1) is 11.6 Å². The highest BCUT2D eigenvalue weighted by atomic mass is 35.5. The van der Waals surface area contributed by atoms with Crippen LogP contribution in [0.2, 0.25) is 5.02 Å². The molecule has 0 radical (unpaired) electrons. The predicted molar refractivity (Wildman–Crippen MR) is 65.7 cm³/mol. The summed E-state index contributed by atoms with van der Waals surface area (Å²) in [7, 11) is 1.49. The molecule has 0 bridgehead atoms. The lowest BCUT2D eigenvalue weighted by Crippen LogP contribution is -2.33. The van der Waals surface area contributed by atoms with E-state index in [-0.39, 0.29) is 11.9 Å². The summed E-state index contributed by atoms with van der Waals surface area (Å²) in [5.74, 6) is 0.593. The summed E-state index contributed by atoms with van der Waals surface area (Å²) in [6.07, 6.45) is 0. The Balaban J connectivity index is 2.90. The molecule has 1 atom stereocenters. The first-order valence-electron chi connectivity index (χ1n) is 4.79. The Morgan fingerprint density at radius 1 is 1.56 bits per heavy atom. The van der Waals surface area contributed by atoms with Crippen LogP contribution in [0.4, 0.5) is 0 Å². The van der Waals surface area contributed by atoms with Crippen LogP contribution in [0.15, 0.2) is 18.2 Å². The van der Waals surface area contributed by atoms with Crippen LogP contribution in [0.3, 0.4) is 0 Å². The number of carbonyl (C=O) groups excluding carboxylic acids is 1. The topological polar surface area (TPSA) is 38.3 Å². The Morgan fingerprint density at radius 3 is 2.81 bits per heavy atom. The van der Waals surface area contributed by atoms with Crippen LogP contribution in [0.5, 0.6) is 5.75 Å². The van der Waals surface area contributed by atoms with Crippen LogP contribution >= 0.6 is 23.2 Å². The molecule has 0 aromatic heterocycles. The van der Waals surface area contributed by atoms with Crippen molar-refractivity contribution in [2.24, 2.45) is 0 Å². The Morgan fingerprint density at radius 2 is 2.25 bits per heavy atom. The van der Waals surface area contributed by atoms with Gasteiger partial charge in [0.2, 0.25) is 0 Å². The fraction of sp³-hybridized carbons (Fsp3) is 0.364. The summed E-state index contributed by atoms with van der Waals surface area (Å²) < 4.78 is 5.08. The van der Waals surface area contributed by atoms with Crippen molar-refractivity contribution in [1.29, 1.82) is 0 Å². The van der Waals surface area contributed by atoms with Crippen molar-refractivity contribution in [3.63, 3.8) is 0 Å². The van der Waals surface area contributed by atoms with E-state index in [4.69, 9.17) is 27.9 Å². The van der Waals surface area contributed by atoms with Crippen molar-refractivity contribution in [2.75, 3.05) is 13.0 Å². The molecule has 0 heterocycles. The molecule has 0 aliphatic rings. The lowest BCUT2D eigenvalue weighted by Gasteiger charge is -2.12. The quantitative estimate of drug-likeness (QED) is 0.847. The maximum atomic E-state index is 11.8. The van der Waals surface area contributed by atoms with Crippen molar-refractivity contribution in [2.45, 2.75) is 13.0 Å². The molecule has 1 N–H and O–H groups in total. The smallest absolute Gasteiger partial charge is 0.255 e. The van der Waals surface area contributed by atoms with Crippen LogP contribution in [0.25, 0.3) is 0 Å². The molecular formula is C11H13Cl2NO2. The molecule has 0 aliphatic heterocycles. The lowest BCUT2D eigenvalue weighted by atomic mass is 10.2. The largest absolute Gasteiger partial charge is 0.496 e. The minimum atomic E-state index is -0.221. The van der Waals surface area contributed by atoms with E-state index in [0.29, 0.717) is 22.2 Å². The molecule has 0 aliphatic carbocycles. The fourth-order valence-electron chi connectivity index (χ4n) is 1.19. The molecule has 1 unspecified atom stereocenters. The summed E-state index contributed by atoms with van der Waals surface area (Å²) in [4.78, 5) is 11.8. The standard InChI is InChI=1S/C11H13Cl2NO2/c1-7(6-12)14-11(15)9-4-3-8(13)5-10(9)16-2/h3-5,7H,6H2,1-2H3,(H,14,15). The molecule has 5 heteroatoms. The molecule has 1 aromatic rings. The first kappa shape index (κ1) is 13.1. The van der Waals surface area contributed by atoms with E-state index in [1.165, 1.54) is 7.11 Å². The summed E-state index contributed by atoms with van der Waals surface area (Å²) in [6, 6.07) is 4.78. The van der Waals surface area contributed by atoms with Gasteiger partial charge in [-0.1, -0.05) is 11.6 Å². The number of ether oxygens (including phenoxy) is 1. The van der Waals surface area contributed by atoms with Gasteiger partial charge in [-0.25, -0.2) is 0 Å². The van der Waals surface area contributed by atoms with E-state index >= 15 is 0 Å². The third kappa shape index (κ3) is 3.29. The van der Waals surface area contributed by atoms with Gasteiger partial charge >= 0.3 is 0 Å². The van der Waals surface area contributed by atoms with Crippen LogP contribution in [-0.4, -0.2) is 24.9 Å². The van der Waals surface area contributed by atoms with Crippen molar-refractivity contribution < 1.29 is 9.53 Å². The molecule has 0 spiro atoms. The summed E-state index contributed by atoms with van der Waals surface area (Å²) in [6.45, 7) is 1.83. The van der Waals surface area contributed by atoms with E-state index < -0.39 is 0 Å². The minimum absolute atomic E-state index is 0.0884. The van der Waals surface area contributed by atoms with Gasteiger partial charge in [0, 0.05) is 16.9 Å². The average Bonchev–Trinajstić information content (AvgIpc) is 2.28. The van der Waals surface area contributed by atoms with Gasteiger partial charge in [0.1, 0.15) is 5.75 Å². The van der Waals surface area contributed by atoms with Gasteiger partial charge < -0.3 is 10.1 Å². The molecule has 0 fully saturated rings. The normalized spacial score (nSPS) is 12.0. The zero-order valence-corrected chi connectivity index (χ0v) is 10.6. The number of carbonyl (C=O) groups is 1.